The minimum absolute atomic E-state index is 0.900. The van der Waals surface area contributed by atoms with Crippen molar-refractivity contribution in [3.63, 3.8) is 0 Å². The van der Waals surface area contributed by atoms with Crippen molar-refractivity contribution in [1.29, 1.82) is 0 Å². The Morgan fingerprint density at radius 1 is 1.40 bits per heavy atom. The second-order valence-electron chi connectivity index (χ2n) is 2.91. The SMILES string of the molecule is [B]SCCC[C@@H](C)CCC. The van der Waals surface area contributed by atoms with Gasteiger partial charge >= 0.3 is 0 Å². The highest BCUT2D eigenvalue weighted by molar-refractivity contribution is 8.19. The highest BCUT2D eigenvalue weighted by Gasteiger charge is 1.98. The van der Waals surface area contributed by atoms with Crippen LogP contribution in [0.15, 0.2) is 0 Å². The van der Waals surface area contributed by atoms with Gasteiger partial charge in [-0.2, -0.15) is 0 Å². The lowest BCUT2D eigenvalue weighted by Crippen LogP contribution is -1.94. The molecule has 10 heavy (non-hydrogen) atoms. The number of hydrogen-bond donors (Lipinski definition) is 0. The summed E-state index contributed by atoms with van der Waals surface area (Å²) < 4.78 is 0. The average molecular weight is 156 g/mol. The zero-order valence-electron chi connectivity index (χ0n) is 7.10. The minimum Gasteiger partial charge on any atom is -0.227 e. The van der Waals surface area contributed by atoms with E-state index in [4.69, 9.17) is 7.12 Å². The highest BCUT2D eigenvalue weighted by Crippen LogP contribution is 2.13. The Morgan fingerprint density at radius 2 is 2.10 bits per heavy atom. The molecule has 2 radical (unpaired) electrons. The van der Waals surface area contributed by atoms with Crippen LogP contribution in [-0.4, -0.2) is 12.9 Å². The van der Waals surface area contributed by atoms with E-state index in [2.05, 4.69) is 13.8 Å². The molecule has 0 aromatic heterocycles. The first-order valence-corrected chi connectivity index (χ1v) is 5.17. The molecular formula is C8H17BS. The molecule has 0 fully saturated rings. The second-order valence-corrected chi connectivity index (χ2v) is 3.65. The van der Waals surface area contributed by atoms with Crippen LogP contribution in [0.5, 0.6) is 0 Å². The fourth-order valence-electron chi connectivity index (χ4n) is 1.15. The zero-order valence-corrected chi connectivity index (χ0v) is 7.91. The molecule has 0 bridgehead atoms. The fourth-order valence-corrected chi connectivity index (χ4v) is 1.49. The molecule has 0 rings (SSSR count). The van der Waals surface area contributed by atoms with Crippen LogP contribution in [0.4, 0.5) is 0 Å². The van der Waals surface area contributed by atoms with Gasteiger partial charge < -0.3 is 0 Å². The van der Waals surface area contributed by atoms with Crippen molar-refractivity contribution in [2.24, 2.45) is 5.92 Å². The topological polar surface area (TPSA) is 0 Å². The third kappa shape index (κ3) is 6.53. The van der Waals surface area contributed by atoms with Gasteiger partial charge in [-0.05, 0) is 24.5 Å². The summed E-state index contributed by atoms with van der Waals surface area (Å²) >= 11 is 1.46. The van der Waals surface area contributed by atoms with Crippen molar-refractivity contribution in [2.75, 3.05) is 5.75 Å². The van der Waals surface area contributed by atoms with Crippen molar-refractivity contribution in [3.8, 4) is 0 Å². The Bertz CT molecular complexity index is 66.3. The van der Waals surface area contributed by atoms with Gasteiger partial charge in [0.05, 0.1) is 0 Å². The summed E-state index contributed by atoms with van der Waals surface area (Å²) in [6.07, 6.45) is 5.31. The highest BCUT2D eigenvalue weighted by atomic mass is 32.2. The summed E-state index contributed by atoms with van der Waals surface area (Å²) in [6.45, 7) is 4.57. The van der Waals surface area contributed by atoms with Gasteiger partial charge in [-0.15, -0.1) is 0 Å². The minimum atomic E-state index is 0.900. The van der Waals surface area contributed by atoms with E-state index >= 15 is 0 Å². The van der Waals surface area contributed by atoms with Crippen molar-refractivity contribution in [3.05, 3.63) is 0 Å². The van der Waals surface area contributed by atoms with E-state index in [1.807, 2.05) is 0 Å². The summed E-state index contributed by atoms with van der Waals surface area (Å²) in [5.41, 5.74) is 0. The quantitative estimate of drug-likeness (QED) is 0.420. The largest absolute Gasteiger partial charge is 0.227 e. The standard InChI is InChI=1S/C8H17BS/c1-3-5-8(2)6-4-7-10-9/h8H,3-7H2,1-2H3/t8-/m0/s1. The molecule has 0 saturated carbocycles. The Balaban J connectivity index is 2.97. The van der Waals surface area contributed by atoms with E-state index in [0.29, 0.717) is 0 Å². The van der Waals surface area contributed by atoms with Gasteiger partial charge in [0.2, 0.25) is 0 Å². The zero-order chi connectivity index (χ0) is 7.82. The smallest absolute Gasteiger partial charge is 0.161 e. The van der Waals surface area contributed by atoms with Crippen LogP contribution in [0, 0.1) is 5.92 Å². The maximum absolute atomic E-state index is 5.31. The normalized spacial score (nSPS) is 13.4. The van der Waals surface area contributed by atoms with Crippen LogP contribution in [0.25, 0.3) is 0 Å². The van der Waals surface area contributed by atoms with Crippen molar-refractivity contribution in [2.45, 2.75) is 39.5 Å². The van der Waals surface area contributed by atoms with Gasteiger partial charge in [-0.25, -0.2) is 11.6 Å². The van der Waals surface area contributed by atoms with Crippen molar-refractivity contribution in [1.82, 2.24) is 0 Å². The van der Waals surface area contributed by atoms with E-state index in [0.717, 1.165) is 11.7 Å². The fraction of sp³-hybridized carbons (Fsp3) is 1.00. The van der Waals surface area contributed by atoms with Crippen LogP contribution in [0.1, 0.15) is 39.5 Å². The van der Waals surface area contributed by atoms with Crippen LogP contribution in [0.2, 0.25) is 0 Å². The first-order valence-electron chi connectivity index (χ1n) is 4.13. The Morgan fingerprint density at radius 3 is 2.60 bits per heavy atom. The van der Waals surface area contributed by atoms with Gasteiger partial charge in [0.1, 0.15) is 0 Å². The predicted molar refractivity (Wildman–Crippen MR) is 51.5 cm³/mol. The molecular weight excluding hydrogens is 139 g/mol. The molecule has 0 heterocycles. The van der Waals surface area contributed by atoms with Crippen LogP contribution < -0.4 is 0 Å². The van der Waals surface area contributed by atoms with Gasteiger partial charge in [0.25, 0.3) is 0 Å². The van der Waals surface area contributed by atoms with E-state index in [1.165, 1.54) is 37.3 Å². The van der Waals surface area contributed by atoms with Gasteiger partial charge in [0, 0.05) is 0 Å². The summed E-state index contributed by atoms with van der Waals surface area (Å²) in [7, 11) is 5.31. The van der Waals surface area contributed by atoms with Crippen LogP contribution in [0.3, 0.4) is 0 Å². The molecule has 1 atom stereocenters. The third-order valence-electron chi connectivity index (χ3n) is 1.74. The first kappa shape index (κ1) is 10.4. The molecule has 0 N–H and O–H groups in total. The Hall–Kier alpha value is 0.415. The van der Waals surface area contributed by atoms with E-state index in [9.17, 15) is 0 Å². The number of hydrogen-bond acceptors (Lipinski definition) is 1. The molecule has 0 saturated heterocycles. The predicted octanol–water partition coefficient (Wildman–Crippen LogP) is 3.02. The van der Waals surface area contributed by atoms with Crippen LogP contribution >= 0.6 is 11.6 Å². The second kappa shape index (κ2) is 7.52. The molecule has 58 valence electrons. The molecule has 0 aliphatic carbocycles. The number of rotatable bonds is 6. The Kier molecular flexibility index (Phi) is 7.83. The molecule has 0 amide bonds. The molecule has 0 spiro atoms. The molecule has 0 aliphatic rings. The molecule has 0 aliphatic heterocycles. The van der Waals surface area contributed by atoms with Crippen molar-refractivity contribution >= 4 is 18.7 Å². The lowest BCUT2D eigenvalue weighted by molar-refractivity contribution is 0.482. The molecule has 0 aromatic carbocycles. The molecule has 0 aromatic rings. The van der Waals surface area contributed by atoms with Crippen LogP contribution in [-0.2, 0) is 0 Å². The summed E-state index contributed by atoms with van der Waals surface area (Å²) in [4.78, 5) is 0. The summed E-state index contributed by atoms with van der Waals surface area (Å²) in [6, 6.07) is 0. The molecule has 0 nitrogen and oxygen atoms in total. The molecule has 2 heteroatoms. The van der Waals surface area contributed by atoms with E-state index < -0.39 is 0 Å². The van der Waals surface area contributed by atoms with Crippen molar-refractivity contribution < 1.29 is 0 Å². The summed E-state index contributed by atoms with van der Waals surface area (Å²) in [5, 5.41) is 0. The third-order valence-corrected chi connectivity index (χ3v) is 2.26. The van der Waals surface area contributed by atoms with E-state index in [1.54, 1.807) is 0 Å². The first-order chi connectivity index (χ1) is 4.81. The summed E-state index contributed by atoms with van der Waals surface area (Å²) in [5.74, 6) is 2.02. The lowest BCUT2D eigenvalue weighted by atomic mass is 10.0. The van der Waals surface area contributed by atoms with Gasteiger partial charge in [0.15, 0.2) is 7.12 Å². The monoisotopic (exact) mass is 156 g/mol. The van der Waals surface area contributed by atoms with E-state index in [-0.39, 0.29) is 0 Å². The lowest BCUT2D eigenvalue weighted by Gasteiger charge is -2.07. The Labute approximate surface area is 70.5 Å². The maximum Gasteiger partial charge on any atom is 0.161 e. The van der Waals surface area contributed by atoms with Gasteiger partial charge in [-0.1, -0.05) is 26.7 Å². The molecule has 0 unspecified atom stereocenters. The average Bonchev–Trinajstić information content (AvgIpc) is 1.89. The van der Waals surface area contributed by atoms with Gasteiger partial charge in [-0.3, -0.25) is 0 Å². The maximum atomic E-state index is 5.31.